The molecule has 0 saturated carbocycles. The van der Waals surface area contributed by atoms with Crippen LogP contribution >= 0.6 is 0 Å². The molecular formula is C5CoFeN6O. The van der Waals surface area contributed by atoms with Crippen LogP contribution < -0.4 is 0 Å². The van der Waals surface area contributed by atoms with Crippen LogP contribution in [-0.4, -0.2) is 0 Å². The van der Waals surface area contributed by atoms with E-state index in [-0.39, 0.29) is 33.8 Å². The molecule has 0 rings (SSSR count). The molecule has 0 heterocycles. The molecule has 0 aliphatic heterocycles. The molecule has 1 radical (unpaired) electrons. The molecular weight excluding hydrogens is 275 g/mol. The fourth-order valence-electron chi connectivity index (χ4n) is 0. The summed E-state index contributed by atoms with van der Waals surface area (Å²) in [7, 11) is 0. The van der Waals surface area contributed by atoms with Crippen LogP contribution in [-0.2, 0) is 33.8 Å². The van der Waals surface area contributed by atoms with E-state index in [1.807, 2.05) is 0 Å². The van der Waals surface area contributed by atoms with Gasteiger partial charge in [0.25, 0.3) is 0 Å². The van der Waals surface area contributed by atoms with Gasteiger partial charge in [-0.15, -0.1) is 0 Å². The van der Waals surface area contributed by atoms with Crippen molar-refractivity contribution in [3.63, 3.8) is 0 Å². The molecule has 0 fully saturated rings. The van der Waals surface area contributed by atoms with E-state index in [0.717, 1.165) is 0 Å². The van der Waals surface area contributed by atoms with E-state index >= 15 is 0 Å². The maximum Gasteiger partial charge on any atom is 4.00 e. The van der Waals surface area contributed by atoms with Crippen molar-refractivity contribution in [2.24, 2.45) is 0 Å². The van der Waals surface area contributed by atoms with Crippen molar-refractivity contribution in [3.05, 3.63) is 43.4 Å². The van der Waals surface area contributed by atoms with Crippen LogP contribution in [0.5, 0.6) is 0 Å². The largest absolute Gasteiger partial charge is 4.00 e. The van der Waals surface area contributed by atoms with Gasteiger partial charge in [-0.3, -0.25) is 0 Å². The van der Waals surface area contributed by atoms with E-state index < -0.39 is 0 Å². The Morgan fingerprint density at radius 2 is 0.571 bits per heavy atom. The Kier molecular flexibility index (Phi) is 1930. The van der Waals surface area contributed by atoms with Crippen molar-refractivity contribution in [1.29, 1.82) is 26.3 Å². The zero-order chi connectivity index (χ0) is 12.0. The molecule has 0 atom stereocenters. The Balaban J connectivity index is -0.00000000500. The predicted molar refractivity (Wildman–Crippen MR) is 31.6 cm³/mol. The third-order valence-electron chi connectivity index (χ3n) is 0. The molecule has 73 valence electrons. The van der Waals surface area contributed by atoms with Gasteiger partial charge < -0.3 is 69.7 Å². The summed E-state index contributed by atoms with van der Waals surface area (Å²) in [4.78, 5) is 7.25. The number of hydrogen-bond acceptors (Lipinski definition) is 6. The molecule has 0 aromatic carbocycles. The predicted octanol–water partition coefficient (Wildman–Crippen LogP) is 0.799. The number of hydrogen-bond donors (Lipinski definition) is 0. The molecule has 0 aromatic rings. The molecule has 0 amide bonds. The molecule has 0 saturated heterocycles. The number of rotatable bonds is 0. The molecule has 0 aliphatic rings. The van der Waals surface area contributed by atoms with E-state index in [2.05, 4.69) is 0 Å². The van der Waals surface area contributed by atoms with Crippen molar-refractivity contribution in [3.8, 4) is 0 Å². The van der Waals surface area contributed by atoms with E-state index in [0.29, 0.717) is 0 Å². The molecule has 0 aromatic heterocycles. The molecule has 0 spiro atoms. The summed E-state index contributed by atoms with van der Waals surface area (Å²) in [6, 6.07) is 0. The first kappa shape index (κ1) is 89.2. The van der Waals surface area contributed by atoms with Gasteiger partial charge in [-0.2, -0.15) is 0 Å². The molecule has 0 unspecified atom stereocenters. The second kappa shape index (κ2) is 304. The van der Waals surface area contributed by atoms with Crippen LogP contribution in [0.15, 0.2) is 0 Å². The minimum absolute atomic E-state index is 0. The van der Waals surface area contributed by atoms with Gasteiger partial charge in [-0.25, -0.2) is 0 Å². The van der Waals surface area contributed by atoms with Crippen molar-refractivity contribution < 1.29 is 33.8 Å². The Morgan fingerprint density at radius 1 is 0.571 bits per heavy atom. The van der Waals surface area contributed by atoms with Crippen LogP contribution in [0.2, 0.25) is 0 Å². The third kappa shape index (κ3) is 224. The summed E-state index contributed by atoms with van der Waals surface area (Å²) >= 11 is 0. The minimum atomic E-state index is 0. The number of nitroso groups, excluding NO2 is 1. The van der Waals surface area contributed by atoms with Gasteiger partial charge in [0.1, 0.15) is 0 Å². The summed E-state index contributed by atoms with van der Waals surface area (Å²) in [5.74, 6) is 0. The van der Waals surface area contributed by atoms with Crippen molar-refractivity contribution in [1.82, 2.24) is 0 Å². The van der Waals surface area contributed by atoms with Gasteiger partial charge >= 0.3 is 33.8 Å². The Morgan fingerprint density at radius 3 is 0.571 bits per heavy atom. The van der Waals surface area contributed by atoms with Gasteiger partial charge in [-0.05, 0) is 0 Å². The summed E-state index contributed by atoms with van der Waals surface area (Å²) in [5.41, 5.74) is 5.75. The average Bonchev–Trinajstić information content (AvgIpc) is 2.33. The van der Waals surface area contributed by atoms with Crippen molar-refractivity contribution >= 4 is 0 Å². The van der Waals surface area contributed by atoms with E-state index in [4.69, 9.17) is 69.7 Å². The van der Waals surface area contributed by atoms with Gasteiger partial charge in [0.2, 0.25) is 0 Å². The standard InChI is InChI=1S/5CN.Co.Fe.NO/c5*1-2;;;1-2/q5*-1;+2;+4;-1. The Bertz CT molecular complexity index is 95.6. The third-order valence-corrected chi connectivity index (χ3v) is 0. The normalized spacial score (nSPS) is 1.00. The summed E-state index contributed by atoms with van der Waals surface area (Å²) in [6.07, 6.45) is 0. The summed E-state index contributed by atoms with van der Waals surface area (Å²) < 4.78 is 0. The fourth-order valence-corrected chi connectivity index (χ4v) is 0. The van der Waals surface area contributed by atoms with Gasteiger partial charge in [0.05, 0.1) is 0 Å². The van der Waals surface area contributed by atoms with E-state index in [1.54, 1.807) is 0 Å². The smallest absolute Gasteiger partial charge is 0.577 e. The van der Waals surface area contributed by atoms with Crippen LogP contribution in [0, 0.1) is 64.1 Å². The molecule has 9 heteroatoms. The first-order valence-electron chi connectivity index (χ1n) is 1.30. The molecule has 7 nitrogen and oxygen atoms in total. The molecule has 0 bridgehead atoms. The molecule has 0 N–H and O–H groups in total. The van der Waals surface area contributed by atoms with Gasteiger partial charge in [-0.1, -0.05) is 0 Å². The van der Waals surface area contributed by atoms with Crippen LogP contribution in [0.25, 0.3) is 5.59 Å². The maximum absolute atomic E-state index is 7.25. The maximum atomic E-state index is 7.25. The van der Waals surface area contributed by atoms with Gasteiger partial charge in [0.15, 0.2) is 0 Å². The van der Waals surface area contributed by atoms with E-state index in [1.165, 1.54) is 0 Å². The first-order valence-corrected chi connectivity index (χ1v) is 1.30. The number of nitrogens with zero attached hydrogens (tertiary/aromatic N) is 6. The van der Waals surface area contributed by atoms with Crippen molar-refractivity contribution in [2.45, 2.75) is 0 Å². The topological polar surface area (TPSA) is 158 Å². The molecule has 14 heavy (non-hydrogen) atoms. The summed E-state index contributed by atoms with van der Waals surface area (Å²) in [6.45, 7) is 23.8. The van der Waals surface area contributed by atoms with E-state index in [9.17, 15) is 0 Å². The van der Waals surface area contributed by atoms with Crippen molar-refractivity contribution in [2.75, 3.05) is 0 Å². The summed E-state index contributed by atoms with van der Waals surface area (Å²) in [5, 5.41) is 31.2. The Hall–Kier alpha value is -1.92. The zero-order valence-corrected chi connectivity index (χ0v) is 8.42. The second-order valence-corrected chi connectivity index (χ2v) is 0. The minimum Gasteiger partial charge on any atom is -0.577 e. The Labute approximate surface area is 104 Å². The fraction of sp³-hybridized carbons (Fsp3) is 0. The zero-order valence-electron chi connectivity index (χ0n) is 6.28. The van der Waals surface area contributed by atoms with Crippen LogP contribution in [0.3, 0.4) is 0 Å². The SMILES string of the molecule is [C-]#N.[C-]#N.[C-]#N.[C-]#N.[C-]#N.[Co+2].[Fe+4].[N-]=O. The van der Waals surface area contributed by atoms with Crippen LogP contribution in [0.1, 0.15) is 0 Å². The average molecular weight is 275 g/mol. The molecule has 0 aliphatic carbocycles. The van der Waals surface area contributed by atoms with Crippen LogP contribution in [0.4, 0.5) is 0 Å². The first-order chi connectivity index (χ1) is 6.00. The monoisotopic (exact) mass is 275 g/mol. The second-order valence-electron chi connectivity index (χ2n) is 0. The van der Waals surface area contributed by atoms with Gasteiger partial charge in [0, 0.05) is 0 Å². The quantitative estimate of drug-likeness (QED) is 0.469.